The number of fused-ring (bicyclic) bond motifs is 2. The van der Waals surface area contributed by atoms with Crippen molar-refractivity contribution < 1.29 is 9.90 Å². The second-order valence-electron chi connectivity index (χ2n) is 4.58. The van der Waals surface area contributed by atoms with E-state index in [0.717, 1.165) is 36.8 Å². The first kappa shape index (κ1) is 9.64. The van der Waals surface area contributed by atoms with Crippen LogP contribution >= 0.6 is 0 Å². The van der Waals surface area contributed by atoms with E-state index in [0.29, 0.717) is 18.0 Å². The zero-order valence-electron chi connectivity index (χ0n) is 9.12. The van der Waals surface area contributed by atoms with E-state index in [-0.39, 0.29) is 0 Å². The number of carbonyl (C=O) groups is 1. The maximum absolute atomic E-state index is 11.9. The summed E-state index contributed by atoms with van der Waals surface area (Å²) in [6.45, 7) is 0. The minimum atomic E-state index is 0.298. The van der Waals surface area contributed by atoms with E-state index in [1.807, 2.05) is 12.1 Å². The minimum Gasteiger partial charge on any atom is -0.508 e. The average Bonchev–Trinajstić information content (AvgIpc) is 2.71. The van der Waals surface area contributed by atoms with Crippen LogP contribution in [0.1, 0.15) is 36.8 Å². The first-order valence-electron chi connectivity index (χ1n) is 5.83. The maximum atomic E-state index is 11.9. The maximum Gasteiger partial charge on any atom is 0.159 e. The number of rotatable bonds is 0. The molecule has 0 bridgehead atoms. The second-order valence-corrected chi connectivity index (χ2v) is 4.58. The van der Waals surface area contributed by atoms with Crippen LogP contribution in [0, 0.1) is 0 Å². The lowest BCUT2D eigenvalue weighted by Gasteiger charge is -2.08. The van der Waals surface area contributed by atoms with Gasteiger partial charge in [-0.3, -0.25) is 4.79 Å². The summed E-state index contributed by atoms with van der Waals surface area (Å²) in [5, 5.41) is 9.56. The van der Waals surface area contributed by atoms with Crippen molar-refractivity contribution in [2.24, 2.45) is 0 Å². The third-order valence-corrected chi connectivity index (χ3v) is 3.59. The highest BCUT2D eigenvalue weighted by atomic mass is 16.3. The van der Waals surface area contributed by atoms with Gasteiger partial charge in [-0.05, 0) is 60.1 Å². The van der Waals surface area contributed by atoms with Crippen molar-refractivity contribution in [2.45, 2.75) is 32.1 Å². The number of phenols is 1. The van der Waals surface area contributed by atoms with Gasteiger partial charge in [0, 0.05) is 6.42 Å². The number of Topliss-reactive ketones (excluding diaryl/α,β-unsaturated/α-hetero) is 1. The van der Waals surface area contributed by atoms with Crippen LogP contribution in [0.5, 0.6) is 5.75 Å². The van der Waals surface area contributed by atoms with Crippen molar-refractivity contribution in [2.75, 3.05) is 0 Å². The van der Waals surface area contributed by atoms with Crippen molar-refractivity contribution in [3.8, 4) is 5.75 Å². The molecule has 2 nitrogen and oxygen atoms in total. The van der Waals surface area contributed by atoms with Gasteiger partial charge in [0.25, 0.3) is 0 Å². The van der Waals surface area contributed by atoms with Gasteiger partial charge in [-0.2, -0.15) is 0 Å². The fraction of sp³-hybridized carbons (Fsp3) is 0.357. The van der Waals surface area contributed by atoms with E-state index in [1.54, 1.807) is 6.07 Å². The van der Waals surface area contributed by atoms with Crippen LogP contribution in [0.15, 0.2) is 23.8 Å². The van der Waals surface area contributed by atoms with Crippen molar-refractivity contribution >= 4 is 11.4 Å². The zero-order valence-corrected chi connectivity index (χ0v) is 9.12. The molecule has 16 heavy (non-hydrogen) atoms. The van der Waals surface area contributed by atoms with Gasteiger partial charge >= 0.3 is 0 Å². The summed E-state index contributed by atoms with van der Waals surface area (Å²) in [5.41, 5.74) is 4.52. The molecule has 2 aliphatic carbocycles. The fourth-order valence-corrected chi connectivity index (χ4v) is 2.81. The van der Waals surface area contributed by atoms with E-state index in [2.05, 4.69) is 0 Å². The number of hydrogen-bond donors (Lipinski definition) is 1. The molecule has 0 saturated carbocycles. The number of allylic oxidation sites excluding steroid dienone is 2. The number of aryl methyl sites for hydroxylation is 1. The van der Waals surface area contributed by atoms with Crippen molar-refractivity contribution in [3.05, 3.63) is 34.9 Å². The van der Waals surface area contributed by atoms with Gasteiger partial charge in [-0.25, -0.2) is 0 Å². The van der Waals surface area contributed by atoms with Crippen LogP contribution < -0.4 is 0 Å². The highest BCUT2D eigenvalue weighted by Crippen LogP contribution is 2.40. The SMILES string of the molecule is O=C1CCc2ccc(O)cc2C2=C1CCC2. The molecule has 0 aromatic heterocycles. The standard InChI is InChI=1S/C14H14O2/c15-10-6-4-9-5-7-14(16)12-3-1-2-11(12)13(9)8-10/h4,6,8,15H,1-3,5,7H2. The Hall–Kier alpha value is -1.57. The zero-order chi connectivity index (χ0) is 11.1. The molecule has 0 amide bonds. The van der Waals surface area contributed by atoms with Crippen LogP contribution in [0.3, 0.4) is 0 Å². The van der Waals surface area contributed by atoms with E-state index in [4.69, 9.17) is 0 Å². The number of ketones is 1. The summed E-state index contributed by atoms with van der Waals surface area (Å²) in [5.74, 6) is 0.607. The van der Waals surface area contributed by atoms with Crippen LogP contribution in [-0.4, -0.2) is 10.9 Å². The molecule has 0 heterocycles. The van der Waals surface area contributed by atoms with Crippen molar-refractivity contribution in [3.63, 3.8) is 0 Å². The second kappa shape index (κ2) is 3.48. The molecule has 0 atom stereocenters. The smallest absolute Gasteiger partial charge is 0.159 e. The first-order chi connectivity index (χ1) is 7.75. The number of hydrogen-bond acceptors (Lipinski definition) is 2. The highest BCUT2D eigenvalue weighted by molar-refractivity contribution is 6.05. The Morgan fingerprint density at radius 3 is 2.69 bits per heavy atom. The molecule has 2 aliphatic rings. The molecular formula is C14H14O2. The Morgan fingerprint density at radius 2 is 1.81 bits per heavy atom. The molecule has 1 N–H and O–H groups in total. The lowest BCUT2D eigenvalue weighted by molar-refractivity contribution is -0.115. The molecule has 0 spiro atoms. The first-order valence-corrected chi connectivity index (χ1v) is 5.83. The third-order valence-electron chi connectivity index (χ3n) is 3.59. The molecule has 0 radical (unpaired) electrons. The molecule has 0 saturated heterocycles. The average molecular weight is 214 g/mol. The molecule has 0 fully saturated rings. The molecule has 82 valence electrons. The summed E-state index contributed by atoms with van der Waals surface area (Å²) < 4.78 is 0. The number of aromatic hydroxyl groups is 1. The molecule has 1 aromatic carbocycles. The quantitative estimate of drug-likeness (QED) is 0.721. The van der Waals surface area contributed by atoms with Gasteiger partial charge < -0.3 is 5.11 Å². The lowest BCUT2D eigenvalue weighted by atomic mass is 9.97. The van der Waals surface area contributed by atoms with Gasteiger partial charge in [0.05, 0.1) is 0 Å². The molecule has 2 heteroatoms. The van der Waals surface area contributed by atoms with E-state index in [1.165, 1.54) is 11.1 Å². The van der Waals surface area contributed by atoms with E-state index < -0.39 is 0 Å². The Balaban J connectivity index is 2.22. The van der Waals surface area contributed by atoms with Crippen LogP contribution in [0.2, 0.25) is 0 Å². The lowest BCUT2D eigenvalue weighted by Crippen LogP contribution is -2.00. The summed E-state index contributed by atoms with van der Waals surface area (Å²) in [4.78, 5) is 11.9. The highest BCUT2D eigenvalue weighted by Gasteiger charge is 2.26. The summed E-state index contributed by atoms with van der Waals surface area (Å²) in [7, 11) is 0. The van der Waals surface area contributed by atoms with E-state index >= 15 is 0 Å². The molecule has 0 aliphatic heterocycles. The topological polar surface area (TPSA) is 37.3 Å². The largest absolute Gasteiger partial charge is 0.508 e. The summed E-state index contributed by atoms with van der Waals surface area (Å²) >= 11 is 0. The molecule has 1 aromatic rings. The van der Waals surface area contributed by atoms with Crippen LogP contribution in [0.4, 0.5) is 0 Å². The Kier molecular flexibility index (Phi) is 2.10. The molecule has 0 unspecified atom stereocenters. The molecule has 3 rings (SSSR count). The third kappa shape index (κ3) is 1.37. The van der Waals surface area contributed by atoms with Gasteiger partial charge in [0.1, 0.15) is 5.75 Å². The van der Waals surface area contributed by atoms with Crippen molar-refractivity contribution in [1.82, 2.24) is 0 Å². The Bertz CT molecular complexity index is 497. The fourth-order valence-electron chi connectivity index (χ4n) is 2.81. The monoisotopic (exact) mass is 214 g/mol. The van der Waals surface area contributed by atoms with Gasteiger partial charge in [-0.15, -0.1) is 0 Å². The van der Waals surface area contributed by atoms with Gasteiger partial charge in [0.2, 0.25) is 0 Å². The predicted octanol–water partition coefficient (Wildman–Crippen LogP) is 2.85. The normalized spacial score (nSPS) is 19.4. The predicted molar refractivity (Wildman–Crippen MR) is 62.2 cm³/mol. The number of carbonyl (C=O) groups excluding carboxylic acids is 1. The Morgan fingerprint density at radius 1 is 1.00 bits per heavy atom. The number of benzene rings is 1. The van der Waals surface area contributed by atoms with Gasteiger partial charge in [0.15, 0.2) is 5.78 Å². The number of phenolic OH excluding ortho intramolecular Hbond substituents is 1. The summed E-state index contributed by atoms with van der Waals surface area (Å²) in [6, 6.07) is 5.48. The van der Waals surface area contributed by atoms with Crippen molar-refractivity contribution in [1.29, 1.82) is 0 Å². The van der Waals surface area contributed by atoms with E-state index in [9.17, 15) is 9.90 Å². The summed E-state index contributed by atoms with van der Waals surface area (Å²) in [6.07, 6.45) is 4.41. The van der Waals surface area contributed by atoms with Crippen LogP contribution in [0.25, 0.3) is 5.57 Å². The van der Waals surface area contributed by atoms with Gasteiger partial charge in [-0.1, -0.05) is 6.07 Å². The minimum absolute atomic E-state index is 0.298. The Labute approximate surface area is 94.6 Å². The molecular weight excluding hydrogens is 200 g/mol. The van der Waals surface area contributed by atoms with Crippen LogP contribution in [-0.2, 0) is 11.2 Å².